The standard InChI is InChI=1S/C9H9N2O/c1-5-3-6(2)8-7(4-5)10-9(12)11-8/h3-4H,1-2H3,(H,10,12). The van der Waals surface area contributed by atoms with Crippen molar-refractivity contribution in [2.75, 3.05) is 5.32 Å². The first-order chi connectivity index (χ1) is 5.66. The van der Waals surface area contributed by atoms with Crippen molar-refractivity contribution in [1.29, 1.82) is 0 Å². The third kappa shape index (κ3) is 0.942. The van der Waals surface area contributed by atoms with Crippen LogP contribution in [0.4, 0.5) is 16.2 Å². The van der Waals surface area contributed by atoms with Crippen LogP contribution in [-0.2, 0) is 0 Å². The highest BCUT2D eigenvalue weighted by molar-refractivity contribution is 6.03. The second kappa shape index (κ2) is 2.24. The molecule has 0 unspecified atom stereocenters. The molecule has 0 spiro atoms. The summed E-state index contributed by atoms with van der Waals surface area (Å²) in [6.07, 6.45) is 0. The number of carbonyl (C=O) groups is 1. The summed E-state index contributed by atoms with van der Waals surface area (Å²) in [5.74, 6) is 0. The Kier molecular flexibility index (Phi) is 1.33. The van der Waals surface area contributed by atoms with Gasteiger partial charge in [0.25, 0.3) is 0 Å². The summed E-state index contributed by atoms with van der Waals surface area (Å²) in [7, 11) is 0. The van der Waals surface area contributed by atoms with Gasteiger partial charge in [0.2, 0.25) is 0 Å². The highest BCUT2D eigenvalue weighted by Crippen LogP contribution is 2.31. The van der Waals surface area contributed by atoms with Gasteiger partial charge in [0.05, 0.1) is 11.4 Å². The number of carbonyl (C=O) groups excluding carboxylic acids is 1. The molecule has 0 aromatic heterocycles. The number of nitrogens with one attached hydrogen (secondary N) is 1. The number of fused-ring (bicyclic) bond motifs is 1. The molecule has 3 nitrogen and oxygen atoms in total. The maximum Gasteiger partial charge on any atom is 0.346 e. The van der Waals surface area contributed by atoms with Gasteiger partial charge >= 0.3 is 6.03 Å². The van der Waals surface area contributed by atoms with Gasteiger partial charge in [-0.1, -0.05) is 6.07 Å². The first-order valence-electron chi connectivity index (χ1n) is 3.81. The summed E-state index contributed by atoms with van der Waals surface area (Å²) in [5, 5.41) is 6.52. The van der Waals surface area contributed by atoms with Crippen molar-refractivity contribution < 1.29 is 4.79 Å². The fourth-order valence-electron chi connectivity index (χ4n) is 1.45. The lowest BCUT2D eigenvalue weighted by atomic mass is 10.1. The smallest absolute Gasteiger partial charge is 0.304 e. The van der Waals surface area contributed by atoms with Crippen LogP contribution in [0.2, 0.25) is 0 Å². The number of urea groups is 1. The second-order valence-corrected chi connectivity index (χ2v) is 3.02. The van der Waals surface area contributed by atoms with E-state index < -0.39 is 0 Å². The number of benzene rings is 1. The molecule has 1 aromatic carbocycles. The average Bonchev–Trinajstić information content (AvgIpc) is 2.29. The SMILES string of the molecule is Cc1cc(C)c2c(c1)NC(=O)[N]2. The van der Waals surface area contributed by atoms with Gasteiger partial charge < -0.3 is 5.32 Å². The molecule has 1 aliphatic heterocycles. The number of hydrogen-bond donors (Lipinski definition) is 1. The third-order valence-corrected chi connectivity index (χ3v) is 1.90. The van der Waals surface area contributed by atoms with E-state index in [4.69, 9.17) is 0 Å². The molecule has 2 rings (SSSR count). The highest BCUT2D eigenvalue weighted by atomic mass is 16.2. The van der Waals surface area contributed by atoms with Gasteiger partial charge in [-0.25, -0.2) is 4.79 Å². The molecule has 0 bridgehead atoms. The van der Waals surface area contributed by atoms with Gasteiger partial charge in [-0.2, -0.15) is 5.32 Å². The van der Waals surface area contributed by atoms with Crippen LogP contribution in [0, 0.1) is 13.8 Å². The van der Waals surface area contributed by atoms with E-state index in [1.807, 2.05) is 26.0 Å². The van der Waals surface area contributed by atoms with Gasteiger partial charge in [0.1, 0.15) is 0 Å². The fourth-order valence-corrected chi connectivity index (χ4v) is 1.45. The third-order valence-electron chi connectivity index (χ3n) is 1.90. The van der Waals surface area contributed by atoms with E-state index in [0.29, 0.717) is 0 Å². The minimum absolute atomic E-state index is 0.265. The van der Waals surface area contributed by atoms with E-state index in [1.165, 1.54) is 0 Å². The van der Waals surface area contributed by atoms with Gasteiger partial charge in [-0.15, -0.1) is 0 Å². The maximum atomic E-state index is 10.9. The molecule has 0 saturated heterocycles. The molecule has 0 atom stereocenters. The average molecular weight is 161 g/mol. The Morgan fingerprint density at radius 2 is 2.08 bits per heavy atom. The number of amides is 2. The van der Waals surface area contributed by atoms with Crippen molar-refractivity contribution in [3.63, 3.8) is 0 Å². The zero-order valence-electron chi connectivity index (χ0n) is 7.01. The van der Waals surface area contributed by atoms with Crippen LogP contribution >= 0.6 is 0 Å². The number of rotatable bonds is 0. The van der Waals surface area contributed by atoms with Crippen LogP contribution in [0.1, 0.15) is 11.1 Å². The topological polar surface area (TPSA) is 43.2 Å². The van der Waals surface area contributed by atoms with Crippen molar-refractivity contribution in [1.82, 2.24) is 5.32 Å². The number of aryl methyl sites for hydroxylation is 2. The Morgan fingerprint density at radius 3 is 2.83 bits per heavy atom. The normalized spacial score (nSPS) is 13.7. The zero-order valence-corrected chi connectivity index (χ0v) is 7.01. The van der Waals surface area contributed by atoms with Crippen LogP contribution in [0.3, 0.4) is 0 Å². The van der Waals surface area contributed by atoms with Crippen LogP contribution in [-0.4, -0.2) is 6.03 Å². The Morgan fingerprint density at radius 1 is 1.33 bits per heavy atom. The second-order valence-electron chi connectivity index (χ2n) is 3.02. The van der Waals surface area contributed by atoms with Gasteiger partial charge in [0.15, 0.2) is 0 Å². The fraction of sp³-hybridized carbons (Fsp3) is 0.222. The summed E-state index contributed by atoms with van der Waals surface area (Å²) >= 11 is 0. The molecule has 61 valence electrons. The molecule has 1 heterocycles. The molecule has 0 saturated carbocycles. The largest absolute Gasteiger partial charge is 0.346 e. The predicted octanol–water partition coefficient (Wildman–Crippen LogP) is 2.08. The Hall–Kier alpha value is -1.51. The van der Waals surface area contributed by atoms with Crippen LogP contribution in [0.25, 0.3) is 0 Å². The van der Waals surface area contributed by atoms with Crippen molar-refractivity contribution in [3.8, 4) is 0 Å². The van der Waals surface area contributed by atoms with Gasteiger partial charge in [-0.05, 0) is 31.0 Å². The lowest BCUT2D eigenvalue weighted by Crippen LogP contribution is -2.08. The number of anilines is 1. The first-order valence-corrected chi connectivity index (χ1v) is 3.81. The zero-order chi connectivity index (χ0) is 8.72. The van der Waals surface area contributed by atoms with E-state index in [9.17, 15) is 4.79 Å². The van der Waals surface area contributed by atoms with Gasteiger partial charge in [-0.3, -0.25) is 0 Å². The van der Waals surface area contributed by atoms with Crippen molar-refractivity contribution in [2.45, 2.75) is 13.8 Å². The number of hydrogen-bond acceptors (Lipinski definition) is 1. The lowest BCUT2D eigenvalue weighted by Gasteiger charge is -2.01. The predicted molar refractivity (Wildman–Crippen MR) is 46.7 cm³/mol. The summed E-state index contributed by atoms with van der Waals surface area (Å²) in [4.78, 5) is 10.9. The molecule has 1 aliphatic rings. The molecule has 0 fully saturated rings. The van der Waals surface area contributed by atoms with E-state index in [0.717, 1.165) is 22.5 Å². The molecule has 12 heavy (non-hydrogen) atoms. The Balaban J connectivity index is 2.59. The molecule has 1 aromatic rings. The van der Waals surface area contributed by atoms with Crippen LogP contribution < -0.4 is 10.6 Å². The summed E-state index contributed by atoms with van der Waals surface area (Å²) in [5.41, 5.74) is 3.80. The van der Waals surface area contributed by atoms with E-state index >= 15 is 0 Å². The summed E-state index contributed by atoms with van der Waals surface area (Å²) in [6.45, 7) is 3.95. The quantitative estimate of drug-likeness (QED) is 0.622. The summed E-state index contributed by atoms with van der Waals surface area (Å²) in [6, 6.07) is 3.68. The van der Waals surface area contributed by atoms with Gasteiger partial charge in [0, 0.05) is 0 Å². The molecule has 3 heteroatoms. The monoisotopic (exact) mass is 161 g/mol. The minimum Gasteiger partial charge on any atom is -0.304 e. The molecular formula is C9H9N2O. The van der Waals surface area contributed by atoms with E-state index in [1.54, 1.807) is 0 Å². The Labute approximate surface area is 70.8 Å². The maximum absolute atomic E-state index is 10.9. The molecule has 2 amide bonds. The molecule has 1 N–H and O–H groups in total. The molecule has 1 radical (unpaired) electrons. The van der Waals surface area contributed by atoms with Crippen molar-refractivity contribution in [3.05, 3.63) is 23.3 Å². The van der Waals surface area contributed by atoms with Crippen LogP contribution in [0.15, 0.2) is 12.1 Å². The van der Waals surface area contributed by atoms with E-state index in [2.05, 4.69) is 10.6 Å². The lowest BCUT2D eigenvalue weighted by molar-refractivity contribution is 0.256. The molecule has 0 aliphatic carbocycles. The van der Waals surface area contributed by atoms with E-state index in [-0.39, 0.29) is 6.03 Å². The minimum atomic E-state index is -0.265. The van der Waals surface area contributed by atoms with Crippen molar-refractivity contribution >= 4 is 17.4 Å². The molecular weight excluding hydrogens is 152 g/mol. The highest BCUT2D eigenvalue weighted by Gasteiger charge is 2.20. The number of nitrogens with zero attached hydrogens (tertiary/aromatic N) is 1. The Bertz CT molecular complexity index is 358. The first kappa shape index (κ1) is 7.16. The van der Waals surface area contributed by atoms with Crippen molar-refractivity contribution in [2.24, 2.45) is 0 Å². The summed E-state index contributed by atoms with van der Waals surface area (Å²) < 4.78 is 0. The van der Waals surface area contributed by atoms with Crippen LogP contribution in [0.5, 0.6) is 0 Å².